The van der Waals surface area contributed by atoms with E-state index >= 15 is 0 Å². The topological polar surface area (TPSA) is 49.7 Å². The fraction of sp³-hybridized carbons (Fsp3) is 0.333. The number of phenols is 1. The Morgan fingerprint density at radius 1 is 1.33 bits per heavy atom. The van der Waals surface area contributed by atoms with Gasteiger partial charge in [-0.25, -0.2) is 5.26 Å². The maximum absolute atomic E-state index is 9.26. The minimum absolute atomic E-state index is 0.0382. The lowest BCUT2D eigenvalue weighted by Crippen LogP contribution is -1.94. The van der Waals surface area contributed by atoms with Crippen LogP contribution in [0.5, 0.6) is 11.5 Å². The van der Waals surface area contributed by atoms with Crippen molar-refractivity contribution in [2.24, 2.45) is 0 Å². The summed E-state index contributed by atoms with van der Waals surface area (Å²) in [7, 11) is 0. The second-order valence-corrected chi connectivity index (χ2v) is 2.94. The lowest BCUT2D eigenvalue weighted by Gasteiger charge is -2.10. The van der Waals surface area contributed by atoms with Crippen molar-refractivity contribution in [3.05, 3.63) is 23.8 Å². The molecule has 0 saturated heterocycles. The van der Waals surface area contributed by atoms with Crippen LogP contribution in [-0.2, 0) is 0 Å². The molecule has 2 N–H and O–H groups in total. The molecule has 0 aliphatic heterocycles. The summed E-state index contributed by atoms with van der Waals surface area (Å²) in [5, 5.41) is 17.7. The number of hydrogen-bond acceptors (Lipinski definition) is 3. The summed E-state index contributed by atoms with van der Waals surface area (Å²) in [4.78, 5) is 4.09. The fourth-order valence-corrected chi connectivity index (χ4v) is 1.10. The van der Waals surface area contributed by atoms with Gasteiger partial charge >= 0.3 is 0 Å². The summed E-state index contributed by atoms with van der Waals surface area (Å²) in [5.74, 6) is 0.315. The van der Waals surface area contributed by atoms with Crippen molar-refractivity contribution < 1.29 is 15.3 Å². The molecular weight excluding hydrogens is 156 g/mol. The normalized spacial score (nSPS) is 10.3. The van der Waals surface area contributed by atoms with Crippen molar-refractivity contribution >= 4 is 0 Å². The largest absolute Gasteiger partial charge is 0.504 e. The molecule has 0 radical (unpaired) electrons. The van der Waals surface area contributed by atoms with Gasteiger partial charge in [0.2, 0.25) is 5.75 Å². The Morgan fingerprint density at radius 3 is 2.42 bits per heavy atom. The van der Waals surface area contributed by atoms with Crippen molar-refractivity contribution in [1.82, 2.24) is 0 Å². The highest BCUT2D eigenvalue weighted by atomic mass is 17.1. The van der Waals surface area contributed by atoms with E-state index in [1.54, 1.807) is 12.1 Å². The molecule has 0 saturated carbocycles. The molecule has 0 spiro atoms. The van der Waals surface area contributed by atoms with E-state index in [1.165, 1.54) is 6.07 Å². The molecule has 12 heavy (non-hydrogen) atoms. The van der Waals surface area contributed by atoms with Crippen molar-refractivity contribution in [1.29, 1.82) is 0 Å². The molecule has 0 aliphatic carbocycles. The quantitative estimate of drug-likeness (QED) is 0.526. The zero-order chi connectivity index (χ0) is 9.14. The first-order valence-corrected chi connectivity index (χ1v) is 3.80. The molecule has 1 aromatic rings. The van der Waals surface area contributed by atoms with E-state index in [1.807, 2.05) is 13.8 Å². The average molecular weight is 168 g/mol. The highest BCUT2D eigenvalue weighted by molar-refractivity contribution is 5.46. The number of benzene rings is 1. The Labute approximate surface area is 71.2 Å². The third kappa shape index (κ3) is 1.51. The lowest BCUT2D eigenvalue weighted by molar-refractivity contribution is -0.139. The predicted octanol–water partition coefficient (Wildman–Crippen LogP) is 2.37. The molecule has 1 aromatic carbocycles. The molecule has 0 unspecified atom stereocenters. The number of rotatable bonds is 2. The molecule has 0 heterocycles. The lowest BCUT2D eigenvalue weighted by atomic mass is 10.0. The van der Waals surface area contributed by atoms with E-state index in [0.717, 1.165) is 5.56 Å². The average Bonchev–Trinajstić information content (AvgIpc) is 2.03. The van der Waals surface area contributed by atoms with Crippen LogP contribution in [0, 0.1) is 0 Å². The third-order valence-corrected chi connectivity index (χ3v) is 1.74. The minimum Gasteiger partial charge on any atom is -0.504 e. The van der Waals surface area contributed by atoms with Gasteiger partial charge in [0.1, 0.15) is 0 Å². The van der Waals surface area contributed by atoms with E-state index in [4.69, 9.17) is 5.26 Å². The van der Waals surface area contributed by atoms with Gasteiger partial charge < -0.3 is 9.99 Å². The molecular formula is C9H12O3. The summed E-state index contributed by atoms with van der Waals surface area (Å²) >= 11 is 0. The second-order valence-electron chi connectivity index (χ2n) is 2.94. The van der Waals surface area contributed by atoms with Crippen LogP contribution in [0.25, 0.3) is 0 Å². The second kappa shape index (κ2) is 3.45. The van der Waals surface area contributed by atoms with Crippen LogP contribution in [0.1, 0.15) is 25.3 Å². The zero-order valence-corrected chi connectivity index (χ0v) is 7.11. The molecule has 0 bridgehead atoms. The molecule has 0 amide bonds. The van der Waals surface area contributed by atoms with Gasteiger partial charge in [-0.15, -0.1) is 0 Å². The summed E-state index contributed by atoms with van der Waals surface area (Å²) in [6.07, 6.45) is 0. The van der Waals surface area contributed by atoms with Gasteiger partial charge in [-0.2, -0.15) is 0 Å². The smallest absolute Gasteiger partial charge is 0.210 e. The Kier molecular flexibility index (Phi) is 2.55. The first kappa shape index (κ1) is 8.87. The first-order chi connectivity index (χ1) is 5.66. The maximum atomic E-state index is 9.26. The van der Waals surface area contributed by atoms with Crippen LogP contribution in [0.4, 0.5) is 0 Å². The van der Waals surface area contributed by atoms with Crippen LogP contribution in [0.2, 0.25) is 0 Å². The van der Waals surface area contributed by atoms with Crippen LogP contribution >= 0.6 is 0 Å². The standard InChI is InChI=1S/C9H12O3/c1-6(2)7-4-3-5-8(10)9(7)12-11/h3-6,10-11H,1-2H3. The monoisotopic (exact) mass is 168 g/mol. The van der Waals surface area contributed by atoms with E-state index in [9.17, 15) is 5.11 Å². The highest BCUT2D eigenvalue weighted by Crippen LogP contribution is 2.33. The van der Waals surface area contributed by atoms with Gasteiger partial charge in [-0.3, -0.25) is 0 Å². The Balaban J connectivity index is 3.18. The molecule has 0 aliphatic rings. The molecule has 0 atom stereocenters. The SMILES string of the molecule is CC(C)c1cccc(O)c1OO. The third-order valence-electron chi connectivity index (χ3n) is 1.74. The van der Waals surface area contributed by atoms with Crippen molar-refractivity contribution in [2.75, 3.05) is 0 Å². The first-order valence-electron chi connectivity index (χ1n) is 3.80. The Bertz CT molecular complexity index is 268. The fourth-order valence-electron chi connectivity index (χ4n) is 1.10. The summed E-state index contributed by atoms with van der Waals surface area (Å²) < 4.78 is 0. The number of aromatic hydroxyl groups is 1. The van der Waals surface area contributed by atoms with Crippen LogP contribution in [0.15, 0.2) is 18.2 Å². The number of para-hydroxylation sites is 1. The molecule has 0 aromatic heterocycles. The van der Waals surface area contributed by atoms with Gasteiger partial charge in [0, 0.05) is 5.56 Å². The van der Waals surface area contributed by atoms with E-state index in [0.29, 0.717) is 0 Å². The molecule has 66 valence electrons. The van der Waals surface area contributed by atoms with Gasteiger partial charge in [0.15, 0.2) is 5.75 Å². The maximum Gasteiger partial charge on any atom is 0.210 e. The van der Waals surface area contributed by atoms with Crippen LogP contribution in [-0.4, -0.2) is 10.4 Å². The summed E-state index contributed by atoms with van der Waals surface area (Å²) in [6, 6.07) is 4.99. The van der Waals surface area contributed by atoms with E-state index in [2.05, 4.69) is 4.89 Å². The minimum atomic E-state index is -0.0382. The zero-order valence-electron chi connectivity index (χ0n) is 7.11. The van der Waals surface area contributed by atoms with Gasteiger partial charge in [0.25, 0.3) is 0 Å². The predicted molar refractivity (Wildman–Crippen MR) is 45.5 cm³/mol. The molecule has 3 nitrogen and oxygen atoms in total. The Morgan fingerprint density at radius 2 is 2.00 bits per heavy atom. The number of phenolic OH excluding ortho intramolecular Hbond substituents is 1. The molecule has 1 rings (SSSR count). The van der Waals surface area contributed by atoms with Crippen molar-refractivity contribution in [3.8, 4) is 11.5 Å². The summed E-state index contributed by atoms with van der Waals surface area (Å²) in [5.41, 5.74) is 0.789. The molecule has 3 heteroatoms. The number of hydrogen-bond donors (Lipinski definition) is 2. The van der Waals surface area contributed by atoms with Crippen LogP contribution in [0.3, 0.4) is 0 Å². The highest BCUT2D eigenvalue weighted by Gasteiger charge is 2.11. The van der Waals surface area contributed by atoms with Crippen molar-refractivity contribution in [2.45, 2.75) is 19.8 Å². The van der Waals surface area contributed by atoms with Gasteiger partial charge in [-0.05, 0) is 12.0 Å². The van der Waals surface area contributed by atoms with E-state index < -0.39 is 0 Å². The Hall–Kier alpha value is -1.22. The summed E-state index contributed by atoms with van der Waals surface area (Å²) in [6.45, 7) is 3.91. The molecule has 0 fully saturated rings. The van der Waals surface area contributed by atoms with E-state index in [-0.39, 0.29) is 17.4 Å². The van der Waals surface area contributed by atoms with Crippen LogP contribution < -0.4 is 4.89 Å². The van der Waals surface area contributed by atoms with Gasteiger partial charge in [-0.1, -0.05) is 26.0 Å². The van der Waals surface area contributed by atoms with Crippen molar-refractivity contribution in [3.63, 3.8) is 0 Å². The van der Waals surface area contributed by atoms with Gasteiger partial charge in [0.05, 0.1) is 0 Å².